The molecule has 0 spiro atoms. The van der Waals surface area contributed by atoms with Gasteiger partial charge in [0.25, 0.3) is 10.0 Å². The number of ether oxygens (including phenoxy) is 1. The van der Waals surface area contributed by atoms with Crippen LogP contribution in [0.3, 0.4) is 0 Å². The summed E-state index contributed by atoms with van der Waals surface area (Å²) in [6, 6.07) is 24.5. The van der Waals surface area contributed by atoms with Gasteiger partial charge in [0.15, 0.2) is 0 Å². The van der Waals surface area contributed by atoms with E-state index >= 15 is 4.39 Å². The molecule has 0 heterocycles. The van der Waals surface area contributed by atoms with Crippen molar-refractivity contribution in [1.29, 1.82) is 0 Å². The molecule has 49 heavy (non-hydrogen) atoms. The summed E-state index contributed by atoms with van der Waals surface area (Å²) in [7, 11) is -4.43. The van der Waals surface area contributed by atoms with Crippen LogP contribution in [0.25, 0.3) is 0 Å². The lowest BCUT2D eigenvalue weighted by Crippen LogP contribution is -2.55. The second-order valence-electron chi connectivity index (χ2n) is 12.1. The van der Waals surface area contributed by atoms with E-state index in [-0.39, 0.29) is 35.2 Å². The molecule has 1 saturated carbocycles. The first-order valence-corrected chi connectivity index (χ1v) is 18.0. The highest BCUT2D eigenvalue weighted by Gasteiger charge is 2.36. The second-order valence-corrected chi connectivity index (χ2v) is 13.9. The van der Waals surface area contributed by atoms with Crippen LogP contribution in [-0.2, 0) is 32.6 Å². The Morgan fingerprint density at radius 2 is 1.51 bits per heavy atom. The van der Waals surface area contributed by atoms with Crippen LogP contribution in [0.15, 0.2) is 108 Å². The number of amides is 2. The predicted molar refractivity (Wildman–Crippen MR) is 184 cm³/mol. The fraction of sp³-hybridized carbons (Fsp3) is 0.316. The van der Waals surface area contributed by atoms with E-state index in [1.807, 2.05) is 37.3 Å². The molecule has 1 unspecified atom stereocenters. The number of benzene rings is 4. The van der Waals surface area contributed by atoms with Crippen LogP contribution < -0.4 is 14.4 Å². The smallest absolute Gasteiger partial charge is 0.264 e. The number of rotatable bonds is 14. The number of hydrogen-bond acceptors (Lipinski definition) is 5. The summed E-state index contributed by atoms with van der Waals surface area (Å²) in [5.74, 6) is -1.79. The highest BCUT2D eigenvalue weighted by molar-refractivity contribution is 7.92. The average Bonchev–Trinajstić information content (AvgIpc) is 3.11. The summed E-state index contributed by atoms with van der Waals surface area (Å²) in [4.78, 5) is 29.8. The van der Waals surface area contributed by atoms with Crippen molar-refractivity contribution in [2.24, 2.45) is 0 Å². The normalized spacial score (nSPS) is 14.1. The van der Waals surface area contributed by atoms with Crippen molar-refractivity contribution in [3.63, 3.8) is 0 Å². The molecular weight excluding hydrogens is 648 g/mol. The van der Waals surface area contributed by atoms with E-state index in [1.54, 1.807) is 18.2 Å². The van der Waals surface area contributed by atoms with Crippen molar-refractivity contribution in [3.05, 3.63) is 126 Å². The molecule has 1 fully saturated rings. The molecule has 8 nitrogen and oxygen atoms in total. The first-order valence-electron chi connectivity index (χ1n) is 16.5. The molecule has 4 aromatic rings. The van der Waals surface area contributed by atoms with Crippen LogP contribution in [0.5, 0.6) is 5.75 Å². The highest BCUT2D eigenvalue weighted by atomic mass is 32.2. The Kier molecular flexibility index (Phi) is 12.0. The largest absolute Gasteiger partial charge is 0.494 e. The van der Waals surface area contributed by atoms with Crippen molar-refractivity contribution in [3.8, 4) is 5.75 Å². The minimum absolute atomic E-state index is 0.0656. The zero-order valence-electron chi connectivity index (χ0n) is 27.4. The van der Waals surface area contributed by atoms with Gasteiger partial charge in [-0.2, -0.15) is 0 Å². The molecule has 0 aliphatic heterocycles. The quantitative estimate of drug-likeness (QED) is 0.160. The number of nitrogens with one attached hydrogen (secondary N) is 1. The SMILES string of the molecule is CCOc1ccc(N(CC(=O)N(Cc2ccccc2F)C(Cc2ccccc2)C(=O)NC2CCCCC2)S(=O)(=O)c2ccc(F)cc2)cc1. The molecule has 0 bridgehead atoms. The van der Waals surface area contributed by atoms with Gasteiger partial charge in [0, 0.05) is 24.6 Å². The molecule has 2 amide bonds. The Bertz CT molecular complexity index is 1800. The average molecular weight is 690 g/mol. The van der Waals surface area contributed by atoms with Gasteiger partial charge in [0.05, 0.1) is 17.2 Å². The Morgan fingerprint density at radius 3 is 2.16 bits per heavy atom. The van der Waals surface area contributed by atoms with Gasteiger partial charge in [-0.25, -0.2) is 17.2 Å². The molecular formula is C38H41F2N3O5S. The standard InChI is InChI=1S/C38H41F2N3O5S/c1-2-48-33-21-19-32(20-22-33)43(49(46,47)34-23-17-30(39)18-24-34)27-37(44)42(26-29-13-9-10-16-35(29)40)36(25-28-11-5-3-6-12-28)38(45)41-31-14-7-4-8-15-31/h3,5-6,9-13,16-24,31,36H,2,4,7-8,14-15,25-27H2,1H3,(H,41,45). The zero-order chi connectivity index (χ0) is 34.8. The molecule has 1 N–H and O–H groups in total. The van der Waals surface area contributed by atoms with E-state index in [4.69, 9.17) is 4.74 Å². The monoisotopic (exact) mass is 689 g/mol. The summed E-state index contributed by atoms with van der Waals surface area (Å²) in [5, 5.41) is 3.13. The number of hydrogen-bond donors (Lipinski definition) is 1. The fourth-order valence-corrected chi connectivity index (χ4v) is 7.46. The predicted octanol–water partition coefficient (Wildman–Crippen LogP) is 6.65. The molecule has 0 radical (unpaired) electrons. The van der Waals surface area contributed by atoms with Crippen molar-refractivity contribution in [1.82, 2.24) is 10.2 Å². The Balaban J connectivity index is 1.57. The lowest BCUT2D eigenvalue weighted by atomic mass is 9.94. The summed E-state index contributed by atoms with van der Waals surface area (Å²) in [6.45, 7) is 1.21. The molecule has 0 aromatic heterocycles. The van der Waals surface area contributed by atoms with Crippen LogP contribution in [0, 0.1) is 11.6 Å². The van der Waals surface area contributed by atoms with E-state index in [0.717, 1.165) is 66.2 Å². The van der Waals surface area contributed by atoms with Crippen LogP contribution in [0.1, 0.15) is 50.2 Å². The van der Waals surface area contributed by atoms with Gasteiger partial charge in [-0.3, -0.25) is 13.9 Å². The van der Waals surface area contributed by atoms with Gasteiger partial charge < -0.3 is 15.0 Å². The number of carbonyl (C=O) groups is 2. The summed E-state index contributed by atoms with van der Waals surface area (Å²) < 4.78 is 63.7. The maximum absolute atomic E-state index is 15.2. The fourth-order valence-electron chi connectivity index (χ4n) is 6.05. The molecule has 1 aliphatic rings. The summed E-state index contributed by atoms with van der Waals surface area (Å²) in [5.41, 5.74) is 1.10. The second kappa shape index (κ2) is 16.6. The Morgan fingerprint density at radius 1 is 0.857 bits per heavy atom. The van der Waals surface area contributed by atoms with Gasteiger partial charge in [-0.1, -0.05) is 67.8 Å². The number of anilines is 1. The van der Waals surface area contributed by atoms with E-state index < -0.39 is 46.1 Å². The lowest BCUT2D eigenvalue weighted by Gasteiger charge is -2.35. The number of sulfonamides is 1. The molecule has 11 heteroatoms. The number of halogens is 2. The van der Waals surface area contributed by atoms with Crippen molar-refractivity contribution in [2.75, 3.05) is 17.5 Å². The van der Waals surface area contributed by atoms with Crippen LogP contribution in [0.2, 0.25) is 0 Å². The van der Waals surface area contributed by atoms with Crippen molar-refractivity contribution < 1.29 is 31.5 Å². The maximum Gasteiger partial charge on any atom is 0.264 e. The van der Waals surface area contributed by atoms with Crippen LogP contribution in [-0.4, -0.2) is 50.4 Å². The van der Waals surface area contributed by atoms with Crippen LogP contribution >= 0.6 is 0 Å². The zero-order valence-corrected chi connectivity index (χ0v) is 28.2. The third kappa shape index (κ3) is 9.23. The van der Waals surface area contributed by atoms with Crippen molar-refractivity contribution in [2.45, 2.75) is 69.0 Å². The van der Waals surface area contributed by atoms with Gasteiger partial charge in [0.2, 0.25) is 11.8 Å². The van der Waals surface area contributed by atoms with Gasteiger partial charge in [-0.15, -0.1) is 0 Å². The van der Waals surface area contributed by atoms with E-state index in [0.29, 0.717) is 12.4 Å². The van der Waals surface area contributed by atoms with Gasteiger partial charge in [0.1, 0.15) is 30.0 Å². The first-order chi connectivity index (χ1) is 23.7. The molecule has 0 saturated heterocycles. The Hall–Kier alpha value is -4.77. The van der Waals surface area contributed by atoms with Crippen LogP contribution in [0.4, 0.5) is 14.5 Å². The molecule has 5 rings (SSSR count). The summed E-state index contributed by atoms with van der Waals surface area (Å²) >= 11 is 0. The molecule has 258 valence electrons. The molecule has 4 aromatic carbocycles. The summed E-state index contributed by atoms with van der Waals surface area (Å²) in [6.07, 6.45) is 4.78. The first kappa shape index (κ1) is 35.5. The molecule has 1 atom stereocenters. The van der Waals surface area contributed by atoms with Gasteiger partial charge in [-0.05, 0) is 79.9 Å². The van der Waals surface area contributed by atoms with E-state index in [1.165, 1.54) is 35.2 Å². The third-order valence-corrected chi connectivity index (χ3v) is 10.4. The third-order valence-electron chi connectivity index (χ3n) is 8.64. The van der Waals surface area contributed by atoms with Crippen molar-refractivity contribution >= 4 is 27.5 Å². The minimum Gasteiger partial charge on any atom is -0.494 e. The van der Waals surface area contributed by atoms with E-state index in [9.17, 15) is 22.4 Å². The molecule has 1 aliphatic carbocycles. The van der Waals surface area contributed by atoms with Gasteiger partial charge >= 0.3 is 0 Å². The number of nitrogens with zero attached hydrogens (tertiary/aromatic N) is 2. The lowest BCUT2D eigenvalue weighted by molar-refractivity contribution is -0.140. The Labute approximate surface area is 286 Å². The maximum atomic E-state index is 15.2. The number of carbonyl (C=O) groups excluding carboxylic acids is 2. The van der Waals surface area contributed by atoms with E-state index in [2.05, 4.69) is 5.32 Å². The minimum atomic E-state index is -4.43. The highest BCUT2D eigenvalue weighted by Crippen LogP contribution is 2.28. The topological polar surface area (TPSA) is 96.0 Å².